The van der Waals surface area contributed by atoms with Crippen LogP contribution in [0.1, 0.15) is 33.1 Å². The van der Waals surface area contributed by atoms with Crippen LogP contribution < -0.4 is 10.5 Å². The molecular formula is C14H23NO2. The fraction of sp³-hybridized carbons (Fsp3) is 0.571. The van der Waals surface area contributed by atoms with Crippen LogP contribution in [-0.2, 0) is 4.74 Å². The molecular weight excluding hydrogens is 214 g/mol. The van der Waals surface area contributed by atoms with E-state index in [4.69, 9.17) is 15.2 Å². The molecule has 1 aromatic carbocycles. The van der Waals surface area contributed by atoms with Gasteiger partial charge in [-0.1, -0.05) is 25.5 Å². The van der Waals surface area contributed by atoms with Crippen LogP contribution in [0.5, 0.6) is 5.75 Å². The molecule has 2 N–H and O–H groups in total. The van der Waals surface area contributed by atoms with Crippen molar-refractivity contribution in [2.24, 2.45) is 0 Å². The van der Waals surface area contributed by atoms with Gasteiger partial charge in [-0.15, -0.1) is 0 Å². The molecule has 3 heteroatoms. The molecule has 17 heavy (non-hydrogen) atoms. The maximum atomic E-state index is 5.77. The van der Waals surface area contributed by atoms with Crippen LogP contribution in [0.4, 0.5) is 5.69 Å². The Labute approximate surface area is 104 Å². The molecule has 1 rings (SSSR count). The van der Waals surface area contributed by atoms with E-state index in [-0.39, 0.29) is 0 Å². The first kappa shape index (κ1) is 13.8. The highest BCUT2D eigenvalue weighted by Crippen LogP contribution is 2.19. The first-order valence-electron chi connectivity index (χ1n) is 6.33. The summed E-state index contributed by atoms with van der Waals surface area (Å²) in [6, 6.07) is 7.55. The number of para-hydroxylation sites is 2. The van der Waals surface area contributed by atoms with Gasteiger partial charge in [0, 0.05) is 6.42 Å². The summed E-state index contributed by atoms with van der Waals surface area (Å²) in [6.45, 7) is 5.67. The van der Waals surface area contributed by atoms with E-state index in [2.05, 4.69) is 13.8 Å². The van der Waals surface area contributed by atoms with Crippen molar-refractivity contribution >= 4 is 5.69 Å². The van der Waals surface area contributed by atoms with Gasteiger partial charge in [-0.25, -0.2) is 0 Å². The van der Waals surface area contributed by atoms with E-state index < -0.39 is 0 Å². The standard InChI is InChI=1S/C14H23NO2/c1-3-7-12(2)16-10-6-11-17-14-9-5-4-8-13(14)15/h4-5,8-9,12H,3,6-7,10-11,15H2,1-2H3. The average Bonchev–Trinajstić information content (AvgIpc) is 2.31. The van der Waals surface area contributed by atoms with Gasteiger partial charge in [-0.05, 0) is 25.5 Å². The van der Waals surface area contributed by atoms with Gasteiger partial charge in [0.25, 0.3) is 0 Å². The Bertz CT molecular complexity index is 315. The molecule has 1 atom stereocenters. The highest BCUT2D eigenvalue weighted by molar-refractivity contribution is 5.51. The van der Waals surface area contributed by atoms with E-state index in [0.29, 0.717) is 18.4 Å². The first-order valence-corrected chi connectivity index (χ1v) is 6.33. The zero-order valence-electron chi connectivity index (χ0n) is 10.8. The first-order chi connectivity index (χ1) is 8.24. The van der Waals surface area contributed by atoms with Crippen LogP contribution in [0.2, 0.25) is 0 Å². The molecule has 3 nitrogen and oxygen atoms in total. The number of nitrogen functional groups attached to an aromatic ring is 1. The third kappa shape index (κ3) is 5.59. The molecule has 1 aromatic rings. The lowest BCUT2D eigenvalue weighted by molar-refractivity contribution is 0.0520. The lowest BCUT2D eigenvalue weighted by Crippen LogP contribution is -2.11. The minimum atomic E-state index is 0.349. The summed E-state index contributed by atoms with van der Waals surface area (Å²) in [5, 5.41) is 0. The molecule has 0 radical (unpaired) electrons. The van der Waals surface area contributed by atoms with E-state index in [1.54, 1.807) is 0 Å². The van der Waals surface area contributed by atoms with Gasteiger partial charge in [-0.2, -0.15) is 0 Å². The second-order valence-electron chi connectivity index (χ2n) is 4.21. The normalized spacial score (nSPS) is 12.4. The largest absolute Gasteiger partial charge is 0.491 e. The highest BCUT2D eigenvalue weighted by atomic mass is 16.5. The Morgan fingerprint density at radius 1 is 1.24 bits per heavy atom. The second kappa shape index (κ2) is 7.96. The Balaban J connectivity index is 2.10. The van der Waals surface area contributed by atoms with E-state index in [9.17, 15) is 0 Å². The summed E-state index contributed by atoms with van der Waals surface area (Å²) >= 11 is 0. The zero-order chi connectivity index (χ0) is 12.5. The number of nitrogens with two attached hydrogens (primary N) is 1. The quantitative estimate of drug-likeness (QED) is 0.557. The van der Waals surface area contributed by atoms with E-state index >= 15 is 0 Å². The van der Waals surface area contributed by atoms with Crippen LogP contribution in [0.25, 0.3) is 0 Å². The Morgan fingerprint density at radius 3 is 2.71 bits per heavy atom. The van der Waals surface area contributed by atoms with Crippen molar-refractivity contribution in [1.29, 1.82) is 0 Å². The summed E-state index contributed by atoms with van der Waals surface area (Å²) in [7, 11) is 0. The molecule has 0 fully saturated rings. The van der Waals surface area contributed by atoms with Crippen molar-refractivity contribution in [3.05, 3.63) is 24.3 Å². The maximum absolute atomic E-state index is 5.77. The fourth-order valence-corrected chi connectivity index (χ4v) is 1.63. The van der Waals surface area contributed by atoms with Crippen LogP contribution in [-0.4, -0.2) is 19.3 Å². The van der Waals surface area contributed by atoms with Gasteiger partial charge in [-0.3, -0.25) is 0 Å². The third-order valence-corrected chi connectivity index (χ3v) is 2.56. The molecule has 1 unspecified atom stereocenters. The third-order valence-electron chi connectivity index (χ3n) is 2.56. The monoisotopic (exact) mass is 237 g/mol. The van der Waals surface area contributed by atoms with Gasteiger partial charge in [0.2, 0.25) is 0 Å². The SMILES string of the molecule is CCCC(C)OCCCOc1ccccc1N. The van der Waals surface area contributed by atoms with Gasteiger partial charge in [0.1, 0.15) is 5.75 Å². The molecule has 96 valence electrons. The highest BCUT2D eigenvalue weighted by Gasteiger charge is 2.01. The molecule has 0 heterocycles. The van der Waals surface area contributed by atoms with Crippen molar-refractivity contribution in [2.75, 3.05) is 18.9 Å². The minimum absolute atomic E-state index is 0.349. The Kier molecular flexibility index (Phi) is 6.48. The van der Waals surface area contributed by atoms with Crippen molar-refractivity contribution in [2.45, 2.75) is 39.2 Å². The van der Waals surface area contributed by atoms with E-state index in [1.165, 1.54) is 0 Å². The minimum Gasteiger partial charge on any atom is -0.491 e. The Morgan fingerprint density at radius 2 is 2.00 bits per heavy atom. The van der Waals surface area contributed by atoms with Crippen LogP contribution >= 0.6 is 0 Å². The lowest BCUT2D eigenvalue weighted by Gasteiger charge is -2.12. The number of anilines is 1. The molecule has 0 aliphatic heterocycles. The smallest absolute Gasteiger partial charge is 0.142 e. The molecule has 0 spiro atoms. The number of rotatable bonds is 8. The fourth-order valence-electron chi connectivity index (χ4n) is 1.63. The predicted octanol–water partition coefficient (Wildman–Crippen LogP) is 3.24. The molecule has 0 saturated heterocycles. The van der Waals surface area contributed by atoms with Crippen molar-refractivity contribution in [1.82, 2.24) is 0 Å². The summed E-state index contributed by atoms with van der Waals surface area (Å²) in [5.74, 6) is 0.758. The van der Waals surface area contributed by atoms with Crippen molar-refractivity contribution in [3.63, 3.8) is 0 Å². The molecule has 0 amide bonds. The van der Waals surface area contributed by atoms with Gasteiger partial charge >= 0.3 is 0 Å². The predicted molar refractivity (Wildman–Crippen MR) is 71.3 cm³/mol. The Hall–Kier alpha value is -1.22. The van der Waals surface area contributed by atoms with Crippen LogP contribution in [0.3, 0.4) is 0 Å². The molecule has 0 aliphatic carbocycles. The number of benzene rings is 1. The van der Waals surface area contributed by atoms with Gasteiger partial charge in [0.05, 0.1) is 25.0 Å². The van der Waals surface area contributed by atoms with Crippen molar-refractivity contribution < 1.29 is 9.47 Å². The number of ether oxygens (including phenoxy) is 2. The lowest BCUT2D eigenvalue weighted by atomic mass is 10.2. The van der Waals surface area contributed by atoms with Gasteiger partial charge < -0.3 is 15.2 Å². The molecule has 0 saturated carbocycles. The maximum Gasteiger partial charge on any atom is 0.142 e. The van der Waals surface area contributed by atoms with Crippen LogP contribution in [0.15, 0.2) is 24.3 Å². The summed E-state index contributed by atoms with van der Waals surface area (Å²) in [5.41, 5.74) is 6.45. The summed E-state index contributed by atoms with van der Waals surface area (Å²) < 4.78 is 11.2. The van der Waals surface area contributed by atoms with Crippen LogP contribution in [0, 0.1) is 0 Å². The average molecular weight is 237 g/mol. The topological polar surface area (TPSA) is 44.5 Å². The molecule has 0 bridgehead atoms. The van der Waals surface area contributed by atoms with Crippen molar-refractivity contribution in [3.8, 4) is 5.75 Å². The molecule has 0 aromatic heterocycles. The number of hydrogen-bond acceptors (Lipinski definition) is 3. The molecule has 0 aliphatic rings. The van der Waals surface area contributed by atoms with E-state index in [1.807, 2.05) is 24.3 Å². The van der Waals surface area contributed by atoms with Gasteiger partial charge in [0.15, 0.2) is 0 Å². The number of hydrogen-bond donors (Lipinski definition) is 1. The summed E-state index contributed by atoms with van der Waals surface area (Å²) in [4.78, 5) is 0. The second-order valence-corrected chi connectivity index (χ2v) is 4.21. The van der Waals surface area contributed by atoms with E-state index in [0.717, 1.165) is 31.6 Å². The summed E-state index contributed by atoms with van der Waals surface area (Å²) in [6.07, 6.45) is 3.52. The zero-order valence-corrected chi connectivity index (χ0v) is 10.8.